The second kappa shape index (κ2) is 7.79. The molecule has 3 aromatic carbocycles. The Labute approximate surface area is 188 Å². The van der Waals surface area contributed by atoms with Gasteiger partial charge >= 0.3 is 0 Å². The van der Waals surface area contributed by atoms with Crippen molar-refractivity contribution < 1.29 is 9.59 Å². The topological polar surface area (TPSA) is 40.6 Å². The molecule has 4 nitrogen and oxygen atoms in total. The van der Waals surface area contributed by atoms with Crippen LogP contribution < -0.4 is 4.90 Å². The summed E-state index contributed by atoms with van der Waals surface area (Å²) in [5.74, 6) is -0.488. The summed E-state index contributed by atoms with van der Waals surface area (Å²) in [4.78, 5) is 31.1. The first-order chi connectivity index (χ1) is 15.5. The molecule has 2 aliphatic heterocycles. The predicted octanol–water partition coefficient (Wildman–Crippen LogP) is 4.95. The number of hydrogen-bond acceptors (Lipinski definition) is 3. The van der Waals surface area contributed by atoms with Gasteiger partial charge in [0.1, 0.15) is 5.70 Å². The Bertz CT molecular complexity index is 1290. The summed E-state index contributed by atoms with van der Waals surface area (Å²) in [6, 6.07) is 21.9. The third-order valence-electron chi connectivity index (χ3n) is 6.66. The van der Waals surface area contributed by atoms with Gasteiger partial charge in [0.2, 0.25) is 0 Å². The van der Waals surface area contributed by atoms with E-state index in [1.54, 1.807) is 0 Å². The molecule has 5 rings (SSSR count). The summed E-state index contributed by atoms with van der Waals surface area (Å²) in [5.41, 5.74) is 8.15. The van der Waals surface area contributed by atoms with Crippen molar-refractivity contribution in [2.45, 2.75) is 33.7 Å². The van der Waals surface area contributed by atoms with Crippen LogP contribution in [0.2, 0.25) is 0 Å². The van der Waals surface area contributed by atoms with E-state index in [-0.39, 0.29) is 11.8 Å². The van der Waals surface area contributed by atoms with Gasteiger partial charge in [-0.25, -0.2) is 4.90 Å². The smallest absolute Gasteiger partial charge is 0.282 e. The Morgan fingerprint density at radius 2 is 1.44 bits per heavy atom. The molecule has 0 bridgehead atoms. The van der Waals surface area contributed by atoms with Gasteiger partial charge in [0, 0.05) is 13.1 Å². The van der Waals surface area contributed by atoms with Gasteiger partial charge in [0.25, 0.3) is 11.8 Å². The summed E-state index contributed by atoms with van der Waals surface area (Å²) in [6.45, 7) is 7.36. The van der Waals surface area contributed by atoms with E-state index in [1.165, 1.54) is 16.0 Å². The number of imide groups is 1. The molecule has 2 amide bonds. The van der Waals surface area contributed by atoms with Crippen LogP contribution in [0.4, 0.5) is 5.69 Å². The number of carbonyl (C=O) groups is 2. The van der Waals surface area contributed by atoms with Crippen molar-refractivity contribution in [2.75, 3.05) is 11.4 Å². The first kappa shape index (κ1) is 20.3. The number of aryl methyl sites for hydroxylation is 3. The Morgan fingerprint density at radius 3 is 2.19 bits per heavy atom. The number of anilines is 1. The maximum atomic E-state index is 13.8. The maximum Gasteiger partial charge on any atom is 0.282 e. The third kappa shape index (κ3) is 3.23. The highest BCUT2D eigenvalue weighted by Gasteiger charge is 2.43. The van der Waals surface area contributed by atoms with Crippen molar-refractivity contribution in [1.29, 1.82) is 0 Å². The van der Waals surface area contributed by atoms with Gasteiger partial charge < -0.3 is 4.90 Å². The van der Waals surface area contributed by atoms with E-state index in [0.29, 0.717) is 30.0 Å². The highest BCUT2D eigenvalue weighted by Crippen LogP contribution is 2.38. The molecule has 0 aliphatic carbocycles. The molecule has 0 atom stereocenters. The number of fused-ring (bicyclic) bond motifs is 1. The lowest BCUT2D eigenvalue weighted by Crippen LogP contribution is -2.37. The average Bonchev–Trinajstić information content (AvgIpc) is 3.05. The minimum atomic E-state index is -0.249. The van der Waals surface area contributed by atoms with Crippen molar-refractivity contribution >= 4 is 23.1 Å². The molecule has 4 heteroatoms. The van der Waals surface area contributed by atoms with Crippen LogP contribution in [-0.2, 0) is 22.6 Å². The van der Waals surface area contributed by atoms with E-state index in [0.717, 1.165) is 28.7 Å². The molecular weight excluding hydrogens is 396 g/mol. The fourth-order valence-electron chi connectivity index (χ4n) is 4.69. The fraction of sp³-hybridized carbons (Fsp3) is 0.214. The molecule has 0 fully saturated rings. The number of hydrogen-bond donors (Lipinski definition) is 0. The van der Waals surface area contributed by atoms with Crippen molar-refractivity contribution in [2.24, 2.45) is 0 Å². The molecule has 0 aromatic heterocycles. The lowest BCUT2D eigenvalue weighted by molar-refractivity contribution is -0.120. The molecule has 160 valence electrons. The van der Waals surface area contributed by atoms with Gasteiger partial charge in [0.05, 0.1) is 11.3 Å². The van der Waals surface area contributed by atoms with Crippen LogP contribution in [0, 0.1) is 20.8 Å². The first-order valence-electron chi connectivity index (χ1n) is 11.0. The van der Waals surface area contributed by atoms with Crippen molar-refractivity contribution in [3.05, 3.63) is 106 Å². The summed E-state index contributed by atoms with van der Waals surface area (Å²) in [7, 11) is 0. The Morgan fingerprint density at radius 1 is 0.719 bits per heavy atom. The molecule has 0 unspecified atom stereocenters. The number of para-hydroxylation sites is 1. The summed E-state index contributed by atoms with van der Waals surface area (Å²) >= 11 is 0. The number of amides is 2. The molecule has 0 saturated heterocycles. The van der Waals surface area contributed by atoms with Crippen LogP contribution in [0.25, 0.3) is 5.57 Å². The van der Waals surface area contributed by atoms with Crippen LogP contribution in [0.1, 0.15) is 33.4 Å². The van der Waals surface area contributed by atoms with Crippen molar-refractivity contribution in [3.63, 3.8) is 0 Å². The zero-order chi connectivity index (χ0) is 22.4. The van der Waals surface area contributed by atoms with Gasteiger partial charge in [-0.15, -0.1) is 0 Å². The standard InChI is InChI=1S/C28H26N2O2/c1-18-12-13-22(16-20(18)3)25-26(29-15-14-21-9-5-6-10-23(21)17-29)28(32)30(27(25)31)24-11-7-4-8-19(24)2/h4-13,16H,14-15,17H2,1-3H3. The largest absolute Gasteiger partial charge is 0.362 e. The molecule has 32 heavy (non-hydrogen) atoms. The minimum Gasteiger partial charge on any atom is -0.362 e. The molecule has 2 aliphatic rings. The van der Waals surface area contributed by atoms with Gasteiger partial charge in [-0.1, -0.05) is 60.7 Å². The molecule has 0 saturated carbocycles. The summed E-state index contributed by atoms with van der Waals surface area (Å²) < 4.78 is 0. The Kier molecular flexibility index (Phi) is 4.93. The molecule has 0 spiro atoms. The fourth-order valence-corrected chi connectivity index (χ4v) is 4.69. The van der Waals surface area contributed by atoms with Crippen LogP contribution in [0.5, 0.6) is 0 Å². The van der Waals surface area contributed by atoms with Crippen LogP contribution >= 0.6 is 0 Å². The molecular formula is C28H26N2O2. The monoisotopic (exact) mass is 422 g/mol. The van der Waals surface area contributed by atoms with Crippen molar-refractivity contribution in [1.82, 2.24) is 4.90 Å². The number of rotatable bonds is 3. The number of nitrogens with zero attached hydrogens (tertiary/aromatic N) is 2. The quantitative estimate of drug-likeness (QED) is 0.561. The summed E-state index contributed by atoms with van der Waals surface area (Å²) in [6.07, 6.45) is 0.853. The minimum absolute atomic E-state index is 0.239. The van der Waals surface area contributed by atoms with Gasteiger partial charge in [0.15, 0.2) is 0 Å². The number of benzene rings is 3. The van der Waals surface area contributed by atoms with Crippen LogP contribution in [-0.4, -0.2) is 23.3 Å². The molecule has 0 radical (unpaired) electrons. The Balaban J connectivity index is 1.66. The van der Waals surface area contributed by atoms with E-state index in [9.17, 15) is 9.59 Å². The normalized spacial score (nSPS) is 16.1. The predicted molar refractivity (Wildman–Crippen MR) is 127 cm³/mol. The van der Waals surface area contributed by atoms with Gasteiger partial charge in [-0.2, -0.15) is 0 Å². The number of carbonyl (C=O) groups excluding carboxylic acids is 2. The second-order valence-electron chi connectivity index (χ2n) is 8.70. The SMILES string of the molecule is Cc1ccc(C2=C(N3CCc4ccccc4C3)C(=O)N(c3ccccc3C)C2=O)cc1C. The van der Waals surface area contributed by atoms with E-state index in [4.69, 9.17) is 0 Å². The maximum absolute atomic E-state index is 13.8. The lowest BCUT2D eigenvalue weighted by atomic mass is 9.96. The van der Waals surface area contributed by atoms with Gasteiger partial charge in [-0.05, 0) is 66.6 Å². The van der Waals surface area contributed by atoms with E-state index < -0.39 is 0 Å². The zero-order valence-corrected chi connectivity index (χ0v) is 18.7. The summed E-state index contributed by atoms with van der Waals surface area (Å²) in [5, 5.41) is 0. The Hall–Kier alpha value is -3.66. The highest BCUT2D eigenvalue weighted by atomic mass is 16.2. The molecule has 2 heterocycles. The molecule has 0 N–H and O–H groups in total. The van der Waals surface area contributed by atoms with E-state index in [1.807, 2.05) is 62.4 Å². The van der Waals surface area contributed by atoms with Crippen LogP contribution in [0.3, 0.4) is 0 Å². The zero-order valence-electron chi connectivity index (χ0n) is 18.7. The lowest BCUT2D eigenvalue weighted by Gasteiger charge is -2.31. The van der Waals surface area contributed by atoms with Crippen molar-refractivity contribution in [3.8, 4) is 0 Å². The van der Waals surface area contributed by atoms with Gasteiger partial charge in [-0.3, -0.25) is 9.59 Å². The molecule has 3 aromatic rings. The van der Waals surface area contributed by atoms with E-state index >= 15 is 0 Å². The van der Waals surface area contributed by atoms with Crippen LogP contribution in [0.15, 0.2) is 72.4 Å². The first-order valence-corrected chi connectivity index (χ1v) is 11.0. The van der Waals surface area contributed by atoms with E-state index in [2.05, 4.69) is 30.0 Å². The third-order valence-corrected chi connectivity index (χ3v) is 6.66. The highest BCUT2D eigenvalue weighted by molar-refractivity contribution is 6.45. The second-order valence-corrected chi connectivity index (χ2v) is 8.70. The average molecular weight is 423 g/mol.